The average molecular weight is 441 g/mol. The van der Waals surface area contributed by atoms with Gasteiger partial charge in [0.15, 0.2) is 0 Å². The minimum absolute atomic E-state index is 0.267. The van der Waals surface area contributed by atoms with Crippen LogP contribution in [0.1, 0.15) is 17.5 Å². The van der Waals surface area contributed by atoms with Crippen molar-refractivity contribution in [2.75, 3.05) is 29.4 Å². The molecule has 5 nitrogen and oxygen atoms in total. The molecule has 0 aromatic heterocycles. The van der Waals surface area contributed by atoms with Crippen LogP contribution in [0, 0.1) is 6.92 Å². The molecule has 28 heavy (non-hydrogen) atoms. The van der Waals surface area contributed by atoms with Crippen LogP contribution in [-0.4, -0.2) is 39.4 Å². The highest BCUT2D eigenvalue weighted by Crippen LogP contribution is 2.27. The number of amides is 1. The van der Waals surface area contributed by atoms with E-state index in [2.05, 4.69) is 17.4 Å². The number of hydrogen-bond donors (Lipinski definition) is 1. The van der Waals surface area contributed by atoms with Crippen molar-refractivity contribution >= 4 is 45.0 Å². The van der Waals surface area contributed by atoms with Crippen LogP contribution >= 0.6 is 23.4 Å². The van der Waals surface area contributed by atoms with E-state index in [1.807, 2.05) is 18.2 Å². The van der Waals surface area contributed by atoms with Gasteiger partial charge < -0.3 is 5.32 Å². The Labute approximate surface area is 176 Å². The normalized spacial score (nSPS) is 11.2. The summed E-state index contributed by atoms with van der Waals surface area (Å²) < 4.78 is 25.5. The van der Waals surface area contributed by atoms with Gasteiger partial charge in [-0.3, -0.25) is 9.10 Å². The first-order chi connectivity index (χ1) is 13.3. The molecule has 0 atom stereocenters. The Kier molecular flexibility index (Phi) is 8.66. The summed E-state index contributed by atoms with van der Waals surface area (Å²) in [5.41, 5.74) is 2.32. The number of thioether (sulfide) groups is 1. The third-order valence-corrected chi connectivity index (χ3v) is 6.75. The molecule has 2 aromatic rings. The second-order valence-corrected chi connectivity index (χ2v) is 9.81. The van der Waals surface area contributed by atoms with E-state index in [1.54, 1.807) is 36.9 Å². The number of nitrogens with one attached hydrogen (secondary N) is 1. The molecule has 1 amide bonds. The molecule has 0 saturated carbocycles. The van der Waals surface area contributed by atoms with Crippen LogP contribution < -0.4 is 9.62 Å². The lowest BCUT2D eigenvalue weighted by molar-refractivity contribution is -0.119. The highest BCUT2D eigenvalue weighted by atomic mass is 35.5. The summed E-state index contributed by atoms with van der Waals surface area (Å²) >= 11 is 7.90. The predicted octanol–water partition coefficient (Wildman–Crippen LogP) is 3.85. The lowest BCUT2D eigenvalue weighted by Gasteiger charge is -2.24. The Hall–Kier alpha value is -1.70. The molecule has 2 aromatic carbocycles. The number of benzene rings is 2. The summed E-state index contributed by atoms with van der Waals surface area (Å²) in [5.74, 6) is 1.51. The SMILES string of the molecule is Cc1c(Cl)cccc1N(CC(=O)NCCCSCc1ccccc1)S(C)(=O)=O. The standard InChI is InChI=1S/C20H25ClN2O3S2/c1-16-18(21)10-6-11-19(16)23(28(2,25)26)14-20(24)22-12-7-13-27-15-17-8-4-3-5-9-17/h3-6,8-11H,7,12-15H2,1-2H3,(H,22,24). The Morgan fingerprint density at radius 1 is 1.14 bits per heavy atom. The third kappa shape index (κ3) is 7.04. The van der Waals surface area contributed by atoms with E-state index in [4.69, 9.17) is 11.6 Å². The average Bonchev–Trinajstić information content (AvgIpc) is 2.65. The molecular weight excluding hydrogens is 416 g/mol. The van der Waals surface area contributed by atoms with E-state index in [0.29, 0.717) is 22.8 Å². The third-order valence-electron chi connectivity index (χ3n) is 4.09. The summed E-state index contributed by atoms with van der Waals surface area (Å²) in [6, 6.07) is 15.2. The van der Waals surface area contributed by atoms with Gasteiger partial charge in [-0.25, -0.2) is 8.42 Å². The lowest BCUT2D eigenvalue weighted by atomic mass is 10.2. The molecule has 0 unspecified atom stereocenters. The van der Waals surface area contributed by atoms with Crippen LogP contribution in [-0.2, 0) is 20.6 Å². The van der Waals surface area contributed by atoms with Crippen molar-refractivity contribution in [3.8, 4) is 0 Å². The Morgan fingerprint density at radius 3 is 2.54 bits per heavy atom. The van der Waals surface area contributed by atoms with Crippen molar-refractivity contribution in [3.63, 3.8) is 0 Å². The number of carbonyl (C=O) groups is 1. The van der Waals surface area contributed by atoms with Crippen LogP contribution in [0.2, 0.25) is 5.02 Å². The maximum absolute atomic E-state index is 12.3. The number of anilines is 1. The Morgan fingerprint density at radius 2 is 1.86 bits per heavy atom. The molecule has 0 aliphatic rings. The van der Waals surface area contributed by atoms with E-state index in [1.165, 1.54) is 5.56 Å². The first-order valence-electron chi connectivity index (χ1n) is 8.90. The highest BCUT2D eigenvalue weighted by Gasteiger charge is 2.22. The van der Waals surface area contributed by atoms with Crippen molar-refractivity contribution in [1.29, 1.82) is 0 Å². The zero-order valence-corrected chi connectivity index (χ0v) is 18.4. The molecule has 0 aliphatic heterocycles. The molecule has 8 heteroatoms. The predicted molar refractivity (Wildman–Crippen MR) is 119 cm³/mol. The smallest absolute Gasteiger partial charge is 0.240 e. The van der Waals surface area contributed by atoms with E-state index < -0.39 is 10.0 Å². The van der Waals surface area contributed by atoms with Crippen molar-refractivity contribution in [2.45, 2.75) is 19.1 Å². The molecule has 0 fully saturated rings. The summed E-state index contributed by atoms with van der Waals surface area (Å²) in [7, 11) is -3.61. The number of nitrogens with zero attached hydrogens (tertiary/aromatic N) is 1. The second-order valence-electron chi connectivity index (χ2n) is 6.40. The molecule has 0 heterocycles. The van der Waals surface area contributed by atoms with Gasteiger partial charge in [-0.2, -0.15) is 11.8 Å². The quantitative estimate of drug-likeness (QED) is 0.570. The maximum Gasteiger partial charge on any atom is 0.240 e. The Balaban J connectivity index is 1.81. The van der Waals surface area contributed by atoms with Gasteiger partial charge in [-0.1, -0.05) is 48.0 Å². The van der Waals surface area contributed by atoms with E-state index in [-0.39, 0.29) is 12.5 Å². The van der Waals surface area contributed by atoms with Gasteiger partial charge in [-0.05, 0) is 42.4 Å². The number of sulfonamides is 1. The fourth-order valence-corrected chi connectivity index (χ4v) is 4.60. The lowest BCUT2D eigenvalue weighted by Crippen LogP contribution is -2.41. The Bertz CT molecular complexity index is 890. The summed E-state index contributed by atoms with van der Waals surface area (Å²) in [4.78, 5) is 12.3. The molecular formula is C20H25ClN2O3S2. The maximum atomic E-state index is 12.3. The van der Waals surface area contributed by atoms with E-state index in [0.717, 1.165) is 28.5 Å². The first kappa shape index (κ1) is 22.6. The van der Waals surface area contributed by atoms with Crippen LogP contribution in [0.5, 0.6) is 0 Å². The van der Waals surface area contributed by atoms with Gasteiger partial charge >= 0.3 is 0 Å². The molecule has 0 spiro atoms. The van der Waals surface area contributed by atoms with Gasteiger partial charge in [0.2, 0.25) is 15.9 Å². The number of carbonyl (C=O) groups excluding carboxylic acids is 1. The summed E-state index contributed by atoms with van der Waals surface area (Å²) in [5, 5.41) is 3.26. The van der Waals surface area contributed by atoms with Gasteiger partial charge in [0.05, 0.1) is 11.9 Å². The monoisotopic (exact) mass is 440 g/mol. The van der Waals surface area contributed by atoms with Gasteiger partial charge in [0.1, 0.15) is 6.54 Å². The van der Waals surface area contributed by atoms with Gasteiger partial charge in [0.25, 0.3) is 0 Å². The number of rotatable bonds is 10. The second kappa shape index (κ2) is 10.7. The van der Waals surface area contributed by atoms with Gasteiger partial charge in [0, 0.05) is 17.3 Å². The molecule has 152 valence electrons. The van der Waals surface area contributed by atoms with Crippen molar-refractivity contribution in [1.82, 2.24) is 5.32 Å². The van der Waals surface area contributed by atoms with E-state index >= 15 is 0 Å². The first-order valence-corrected chi connectivity index (χ1v) is 12.3. The van der Waals surface area contributed by atoms with Gasteiger partial charge in [-0.15, -0.1) is 0 Å². The minimum Gasteiger partial charge on any atom is -0.354 e. The number of hydrogen-bond acceptors (Lipinski definition) is 4. The van der Waals surface area contributed by atoms with E-state index in [9.17, 15) is 13.2 Å². The van der Waals surface area contributed by atoms with Crippen LogP contribution in [0.4, 0.5) is 5.69 Å². The zero-order chi connectivity index (χ0) is 20.6. The number of halogens is 1. The van der Waals surface area contributed by atoms with Crippen LogP contribution in [0.25, 0.3) is 0 Å². The summed E-state index contributed by atoms with van der Waals surface area (Å²) in [6.45, 7) is 1.97. The molecule has 2 rings (SSSR count). The van der Waals surface area contributed by atoms with Crippen molar-refractivity contribution in [2.24, 2.45) is 0 Å². The molecule has 0 aliphatic carbocycles. The molecule has 0 bridgehead atoms. The van der Waals surface area contributed by atoms with Crippen LogP contribution in [0.3, 0.4) is 0 Å². The molecule has 0 saturated heterocycles. The zero-order valence-electron chi connectivity index (χ0n) is 16.0. The fraction of sp³-hybridized carbons (Fsp3) is 0.350. The van der Waals surface area contributed by atoms with Crippen LogP contribution in [0.15, 0.2) is 48.5 Å². The summed E-state index contributed by atoms with van der Waals surface area (Å²) in [6.07, 6.45) is 1.90. The molecule has 0 radical (unpaired) electrons. The van der Waals surface area contributed by atoms with Crippen molar-refractivity contribution in [3.05, 3.63) is 64.7 Å². The molecule has 1 N–H and O–H groups in total. The topological polar surface area (TPSA) is 66.5 Å². The highest BCUT2D eigenvalue weighted by molar-refractivity contribution is 7.98. The largest absolute Gasteiger partial charge is 0.354 e. The van der Waals surface area contributed by atoms with Crippen molar-refractivity contribution < 1.29 is 13.2 Å². The fourth-order valence-electron chi connectivity index (χ4n) is 2.60. The minimum atomic E-state index is -3.61.